The first-order chi connectivity index (χ1) is 18.7. The van der Waals surface area contributed by atoms with Gasteiger partial charge in [0.1, 0.15) is 0 Å². The van der Waals surface area contributed by atoms with Crippen LogP contribution in [0.1, 0.15) is 30.4 Å². The molecule has 0 aliphatic heterocycles. The van der Waals surface area contributed by atoms with Gasteiger partial charge in [0.05, 0.1) is 5.69 Å². The largest absolute Gasteiger partial charge is 0.399 e. The summed E-state index contributed by atoms with van der Waals surface area (Å²) in [6, 6.07) is 47.5. The lowest BCUT2D eigenvalue weighted by Gasteiger charge is -2.35. The van der Waals surface area contributed by atoms with Crippen LogP contribution >= 0.6 is 0 Å². The number of benzene rings is 5. The van der Waals surface area contributed by atoms with Crippen molar-refractivity contribution < 1.29 is 0 Å². The van der Waals surface area contributed by atoms with E-state index >= 15 is 0 Å². The van der Waals surface area contributed by atoms with Gasteiger partial charge in [0, 0.05) is 28.0 Å². The van der Waals surface area contributed by atoms with Gasteiger partial charge in [-0.25, -0.2) is 0 Å². The highest BCUT2D eigenvalue weighted by Crippen LogP contribution is 2.44. The van der Waals surface area contributed by atoms with E-state index in [2.05, 4.69) is 138 Å². The zero-order chi connectivity index (χ0) is 25.8. The molecule has 0 saturated carbocycles. The van der Waals surface area contributed by atoms with E-state index in [1.807, 2.05) is 12.1 Å². The molecule has 0 bridgehead atoms. The highest BCUT2D eigenvalue weighted by Gasteiger charge is 2.33. The Morgan fingerprint density at radius 3 is 1.82 bits per heavy atom. The minimum atomic E-state index is -0.135. The number of anilines is 4. The Hall–Kier alpha value is -4.56. The summed E-state index contributed by atoms with van der Waals surface area (Å²) in [6.07, 6.45) is 8.12. The van der Waals surface area contributed by atoms with Gasteiger partial charge in [0.2, 0.25) is 0 Å². The standard InChI is InChI=1S/C36H32N2/c37-31-22-18-29(19-23-31)36(26-10-3-11-27-36)30-20-24-33(25-21-30)38(32-14-6-2-7-15-32)35-17-9-8-16-34(35)28-12-4-1-5-13-28/h1-2,4-10,12-26H,3,11,27,37H2. The summed E-state index contributed by atoms with van der Waals surface area (Å²) >= 11 is 0. The molecule has 0 heterocycles. The van der Waals surface area contributed by atoms with Crippen LogP contribution in [0.2, 0.25) is 0 Å². The summed E-state index contributed by atoms with van der Waals surface area (Å²) in [6.45, 7) is 0. The predicted molar refractivity (Wildman–Crippen MR) is 161 cm³/mol. The monoisotopic (exact) mass is 492 g/mol. The lowest BCUT2D eigenvalue weighted by molar-refractivity contribution is 0.530. The zero-order valence-corrected chi connectivity index (χ0v) is 21.5. The first-order valence-electron chi connectivity index (χ1n) is 13.4. The molecule has 6 rings (SSSR count). The third kappa shape index (κ3) is 4.50. The van der Waals surface area contributed by atoms with Crippen molar-refractivity contribution in [3.8, 4) is 11.1 Å². The second-order valence-electron chi connectivity index (χ2n) is 9.99. The van der Waals surface area contributed by atoms with Gasteiger partial charge in [-0.3, -0.25) is 0 Å². The maximum absolute atomic E-state index is 6.03. The second kappa shape index (κ2) is 10.4. The highest BCUT2D eigenvalue weighted by atomic mass is 15.1. The van der Waals surface area contributed by atoms with E-state index < -0.39 is 0 Å². The number of nitrogen functional groups attached to an aromatic ring is 1. The number of rotatable bonds is 6. The highest BCUT2D eigenvalue weighted by molar-refractivity contribution is 5.88. The van der Waals surface area contributed by atoms with E-state index in [0.717, 1.165) is 35.6 Å². The van der Waals surface area contributed by atoms with Gasteiger partial charge < -0.3 is 10.6 Å². The number of nitrogens with two attached hydrogens (primary N) is 1. The van der Waals surface area contributed by atoms with Crippen molar-refractivity contribution >= 4 is 22.7 Å². The van der Waals surface area contributed by atoms with Crippen LogP contribution in [0, 0.1) is 0 Å². The van der Waals surface area contributed by atoms with E-state index in [-0.39, 0.29) is 5.41 Å². The molecular formula is C36H32N2. The third-order valence-corrected chi connectivity index (χ3v) is 7.65. The van der Waals surface area contributed by atoms with Crippen molar-refractivity contribution in [3.05, 3.63) is 157 Å². The fourth-order valence-electron chi connectivity index (χ4n) is 5.74. The van der Waals surface area contributed by atoms with Gasteiger partial charge in [-0.05, 0) is 78.4 Å². The Morgan fingerprint density at radius 2 is 1.16 bits per heavy atom. The molecule has 0 spiro atoms. The van der Waals surface area contributed by atoms with Gasteiger partial charge in [0.15, 0.2) is 0 Å². The number of nitrogens with zero attached hydrogens (tertiary/aromatic N) is 1. The SMILES string of the molecule is Nc1ccc(C2(c3ccc(N(c4ccccc4)c4ccccc4-c4ccccc4)cc3)C=CCCC2)cc1. The minimum absolute atomic E-state index is 0.135. The lowest BCUT2D eigenvalue weighted by Crippen LogP contribution is -2.27. The summed E-state index contributed by atoms with van der Waals surface area (Å²) in [7, 11) is 0. The molecule has 2 nitrogen and oxygen atoms in total. The molecule has 1 aliphatic rings. The molecule has 0 saturated heterocycles. The van der Waals surface area contributed by atoms with Crippen molar-refractivity contribution in [2.45, 2.75) is 24.7 Å². The van der Waals surface area contributed by atoms with E-state index in [4.69, 9.17) is 5.73 Å². The Labute approximate surface area is 225 Å². The van der Waals surface area contributed by atoms with Gasteiger partial charge in [-0.1, -0.05) is 103 Å². The summed E-state index contributed by atoms with van der Waals surface area (Å²) in [5, 5.41) is 0. The van der Waals surface area contributed by atoms with Crippen molar-refractivity contribution in [1.82, 2.24) is 0 Å². The van der Waals surface area contributed by atoms with Crippen LogP contribution in [0.3, 0.4) is 0 Å². The van der Waals surface area contributed by atoms with Crippen LogP contribution in [-0.2, 0) is 5.41 Å². The number of hydrogen-bond acceptors (Lipinski definition) is 2. The summed E-state index contributed by atoms with van der Waals surface area (Å²) in [5.41, 5.74) is 15.1. The van der Waals surface area contributed by atoms with Gasteiger partial charge >= 0.3 is 0 Å². The molecule has 0 radical (unpaired) electrons. The molecule has 0 amide bonds. The predicted octanol–water partition coefficient (Wildman–Crippen LogP) is 9.43. The summed E-state index contributed by atoms with van der Waals surface area (Å²) < 4.78 is 0. The molecule has 2 heteroatoms. The van der Waals surface area contributed by atoms with Crippen LogP contribution < -0.4 is 10.6 Å². The number of allylic oxidation sites excluding steroid dienone is 2. The molecule has 0 aromatic heterocycles. The smallest absolute Gasteiger partial charge is 0.0540 e. The average Bonchev–Trinajstić information content (AvgIpc) is 3.00. The molecule has 186 valence electrons. The molecule has 38 heavy (non-hydrogen) atoms. The molecule has 5 aromatic rings. The maximum atomic E-state index is 6.03. The fraction of sp³-hybridized carbons (Fsp3) is 0.111. The van der Waals surface area contributed by atoms with Crippen molar-refractivity contribution in [2.24, 2.45) is 0 Å². The molecule has 5 aromatic carbocycles. The van der Waals surface area contributed by atoms with Crippen LogP contribution in [0.5, 0.6) is 0 Å². The molecule has 1 atom stereocenters. The van der Waals surface area contributed by atoms with Crippen LogP contribution in [0.15, 0.2) is 146 Å². The van der Waals surface area contributed by atoms with Crippen LogP contribution in [0.25, 0.3) is 11.1 Å². The van der Waals surface area contributed by atoms with E-state index in [1.54, 1.807) is 0 Å². The van der Waals surface area contributed by atoms with Crippen molar-refractivity contribution in [1.29, 1.82) is 0 Å². The molecular weight excluding hydrogens is 460 g/mol. The van der Waals surface area contributed by atoms with E-state index in [1.165, 1.54) is 28.7 Å². The Kier molecular flexibility index (Phi) is 6.54. The number of para-hydroxylation sites is 2. The molecule has 1 aliphatic carbocycles. The van der Waals surface area contributed by atoms with Gasteiger partial charge in [-0.2, -0.15) is 0 Å². The maximum Gasteiger partial charge on any atom is 0.0540 e. The topological polar surface area (TPSA) is 29.3 Å². The van der Waals surface area contributed by atoms with E-state index in [0.29, 0.717) is 0 Å². The lowest BCUT2D eigenvalue weighted by atomic mass is 9.69. The second-order valence-corrected chi connectivity index (χ2v) is 9.99. The first-order valence-corrected chi connectivity index (χ1v) is 13.4. The van der Waals surface area contributed by atoms with Gasteiger partial charge in [-0.15, -0.1) is 0 Å². The molecule has 0 fully saturated rings. The van der Waals surface area contributed by atoms with Crippen LogP contribution in [-0.4, -0.2) is 0 Å². The van der Waals surface area contributed by atoms with Crippen LogP contribution in [0.4, 0.5) is 22.7 Å². The quantitative estimate of drug-likeness (QED) is 0.189. The van der Waals surface area contributed by atoms with Crippen molar-refractivity contribution in [3.63, 3.8) is 0 Å². The zero-order valence-electron chi connectivity index (χ0n) is 21.5. The fourth-order valence-corrected chi connectivity index (χ4v) is 5.74. The van der Waals surface area contributed by atoms with Gasteiger partial charge in [0.25, 0.3) is 0 Å². The molecule has 1 unspecified atom stereocenters. The Bertz CT molecular complexity index is 1520. The first kappa shape index (κ1) is 23.8. The van der Waals surface area contributed by atoms with E-state index in [9.17, 15) is 0 Å². The third-order valence-electron chi connectivity index (χ3n) is 7.65. The average molecular weight is 493 g/mol. The molecule has 2 N–H and O–H groups in total. The Morgan fingerprint density at radius 1 is 0.579 bits per heavy atom. The number of hydrogen-bond donors (Lipinski definition) is 1. The minimum Gasteiger partial charge on any atom is -0.399 e. The van der Waals surface area contributed by atoms with Crippen molar-refractivity contribution in [2.75, 3.05) is 10.6 Å². The summed E-state index contributed by atoms with van der Waals surface area (Å²) in [5.74, 6) is 0. The summed E-state index contributed by atoms with van der Waals surface area (Å²) in [4.78, 5) is 2.36. The normalized spacial score (nSPS) is 16.7. The Balaban J connectivity index is 1.47.